The first-order chi connectivity index (χ1) is 9.05. The van der Waals surface area contributed by atoms with E-state index in [4.69, 9.17) is 0 Å². The Balaban J connectivity index is 2.00. The number of halogens is 1. The lowest BCUT2D eigenvalue weighted by atomic mass is 9.56. The molecule has 1 spiro atoms. The summed E-state index contributed by atoms with van der Waals surface area (Å²) in [5, 5.41) is 3.54. The average molecular weight is 261 g/mol. The van der Waals surface area contributed by atoms with Gasteiger partial charge in [0.15, 0.2) is 0 Å². The van der Waals surface area contributed by atoms with Crippen molar-refractivity contribution in [1.29, 1.82) is 0 Å². The topological polar surface area (TPSA) is 12.0 Å². The average Bonchev–Trinajstić information content (AvgIpc) is 2.67. The molecule has 2 aliphatic rings. The number of piperidine rings is 1. The fourth-order valence-corrected chi connectivity index (χ4v) is 4.60. The van der Waals surface area contributed by atoms with Crippen molar-refractivity contribution in [2.75, 3.05) is 13.1 Å². The molecule has 2 heteroatoms. The molecular weight excluding hydrogens is 237 g/mol. The predicted molar refractivity (Wildman–Crippen MR) is 76.7 cm³/mol. The Hall–Kier alpha value is -0.890. The Kier molecular flexibility index (Phi) is 3.17. The van der Waals surface area contributed by atoms with Crippen molar-refractivity contribution in [2.24, 2.45) is 10.8 Å². The Morgan fingerprint density at radius 3 is 2.47 bits per heavy atom. The molecule has 1 aromatic carbocycles. The second kappa shape index (κ2) is 4.59. The zero-order chi connectivity index (χ0) is 13.5. The highest BCUT2D eigenvalue weighted by Gasteiger charge is 2.54. The van der Waals surface area contributed by atoms with E-state index in [0.717, 1.165) is 13.1 Å². The van der Waals surface area contributed by atoms with Gasteiger partial charge in [-0.15, -0.1) is 0 Å². The Labute approximate surface area is 115 Å². The molecular formula is C17H24FN. The lowest BCUT2D eigenvalue weighted by Crippen LogP contribution is -2.48. The molecule has 2 fully saturated rings. The fourth-order valence-electron chi connectivity index (χ4n) is 4.60. The van der Waals surface area contributed by atoms with Crippen molar-refractivity contribution in [1.82, 2.24) is 5.32 Å². The van der Waals surface area contributed by atoms with Gasteiger partial charge in [0.05, 0.1) is 0 Å². The second-order valence-corrected chi connectivity index (χ2v) is 6.95. The summed E-state index contributed by atoms with van der Waals surface area (Å²) in [6.07, 6.45) is 5.24. The minimum atomic E-state index is -0.132. The number of nitrogens with one attached hydrogen (secondary N) is 1. The number of hydrogen-bond donors (Lipinski definition) is 1. The monoisotopic (exact) mass is 261 g/mol. The predicted octanol–water partition coefficient (Wildman–Crippen LogP) is 4.10. The van der Waals surface area contributed by atoms with E-state index in [2.05, 4.69) is 19.2 Å². The summed E-state index contributed by atoms with van der Waals surface area (Å²) in [6, 6.07) is 7.20. The van der Waals surface area contributed by atoms with Crippen molar-refractivity contribution < 1.29 is 4.39 Å². The van der Waals surface area contributed by atoms with Crippen LogP contribution in [0.15, 0.2) is 24.3 Å². The summed E-state index contributed by atoms with van der Waals surface area (Å²) in [5.41, 5.74) is 2.10. The second-order valence-electron chi connectivity index (χ2n) is 6.95. The fraction of sp³-hybridized carbons (Fsp3) is 0.647. The van der Waals surface area contributed by atoms with Gasteiger partial charge in [-0.25, -0.2) is 4.39 Å². The van der Waals surface area contributed by atoms with E-state index in [-0.39, 0.29) is 5.82 Å². The van der Waals surface area contributed by atoms with Gasteiger partial charge in [-0.3, -0.25) is 0 Å². The van der Waals surface area contributed by atoms with E-state index in [1.807, 2.05) is 12.1 Å². The molecule has 0 amide bonds. The summed E-state index contributed by atoms with van der Waals surface area (Å²) in [7, 11) is 0. The maximum Gasteiger partial charge on any atom is 0.123 e. The number of rotatable bonds is 1. The Bertz CT molecular complexity index is 451. The van der Waals surface area contributed by atoms with Crippen molar-refractivity contribution in [3.63, 3.8) is 0 Å². The maximum atomic E-state index is 13.2. The summed E-state index contributed by atoms with van der Waals surface area (Å²) >= 11 is 0. The third-order valence-corrected chi connectivity index (χ3v) is 5.81. The summed E-state index contributed by atoms with van der Waals surface area (Å²) in [4.78, 5) is 0. The molecule has 1 saturated heterocycles. The highest BCUT2D eigenvalue weighted by molar-refractivity contribution is 5.26. The molecule has 1 N–H and O–H groups in total. The van der Waals surface area contributed by atoms with Gasteiger partial charge in [-0.05, 0) is 54.3 Å². The molecule has 19 heavy (non-hydrogen) atoms. The number of benzene rings is 1. The molecule has 1 aliphatic heterocycles. The lowest BCUT2D eigenvalue weighted by molar-refractivity contribution is 0.0419. The molecule has 0 bridgehead atoms. The van der Waals surface area contributed by atoms with Crippen LogP contribution in [-0.2, 0) is 0 Å². The van der Waals surface area contributed by atoms with E-state index >= 15 is 0 Å². The third kappa shape index (κ3) is 2.01. The molecule has 0 radical (unpaired) electrons. The van der Waals surface area contributed by atoms with Crippen LogP contribution >= 0.6 is 0 Å². The normalized spacial score (nSPS) is 33.7. The molecule has 1 aliphatic carbocycles. The summed E-state index contributed by atoms with van der Waals surface area (Å²) < 4.78 is 13.2. The van der Waals surface area contributed by atoms with Crippen LogP contribution in [0, 0.1) is 16.6 Å². The van der Waals surface area contributed by atoms with Gasteiger partial charge in [0.25, 0.3) is 0 Å². The van der Waals surface area contributed by atoms with Crippen LogP contribution in [0.25, 0.3) is 0 Å². The SMILES string of the molecule is CC1(C)CCCC12CCNCC2c1ccc(F)cc1. The molecule has 1 nitrogen and oxygen atoms in total. The van der Waals surface area contributed by atoms with Crippen molar-refractivity contribution in [2.45, 2.75) is 45.4 Å². The van der Waals surface area contributed by atoms with Crippen LogP contribution in [0.4, 0.5) is 4.39 Å². The van der Waals surface area contributed by atoms with Crippen molar-refractivity contribution in [3.8, 4) is 0 Å². The van der Waals surface area contributed by atoms with Gasteiger partial charge in [0, 0.05) is 12.5 Å². The highest BCUT2D eigenvalue weighted by atomic mass is 19.1. The van der Waals surface area contributed by atoms with Gasteiger partial charge >= 0.3 is 0 Å². The van der Waals surface area contributed by atoms with Crippen LogP contribution < -0.4 is 5.32 Å². The van der Waals surface area contributed by atoms with Crippen LogP contribution in [0.5, 0.6) is 0 Å². The van der Waals surface area contributed by atoms with Gasteiger partial charge in [0.2, 0.25) is 0 Å². The van der Waals surface area contributed by atoms with Crippen LogP contribution in [-0.4, -0.2) is 13.1 Å². The zero-order valence-electron chi connectivity index (χ0n) is 12.0. The first kappa shape index (κ1) is 13.1. The van der Waals surface area contributed by atoms with Gasteiger partial charge in [-0.2, -0.15) is 0 Å². The van der Waals surface area contributed by atoms with Crippen LogP contribution in [0.2, 0.25) is 0 Å². The van der Waals surface area contributed by atoms with E-state index < -0.39 is 0 Å². The smallest absolute Gasteiger partial charge is 0.123 e. The summed E-state index contributed by atoms with van der Waals surface area (Å²) in [5.74, 6) is 0.395. The molecule has 1 heterocycles. The molecule has 2 unspecified atom stereocenters. The van der Waals surface area contributed by atoms with Gasteiger partial charge in [-0.1, -0.05) is 32.4 Å². The van der Waals surface area contributed by atoms with Gasteiger partial charge < -0.3 is 5.32 Å². The van der Waals surface area contributed by atoms with E-state index in [1.165, 1.54) is 31.2 Å². The third-order valence-electron chi connectivity index (χ3n) is 5.81. The van der Waals surface area contributed by atoms with E-state index in [9.17, 15) is 4.39 Å². The van der Waals surface area contributed by atoms with Crippen molar-refractivity contribution in [3.05, 3.63) is 35.6 Å². The van der Waals surface area contributed by atoms with Crippen LogP contribution in [0.3, 0.4) is 0 Å². The van der Waals surface area contributed by atoms with Crippen LogP contribution in [0.1, 0.15) is 51.0 Å². The molecule has 0 aromatic heterocycles. The minimum Gasteiger partial charge on any atom is -0.316 e. The standard InChI is InChI=1S/C17H24FN/c1-16(2)8-3-9-17(16)10-11-19-12-15(17)13-4-6-14(18)7-5-13/h4-7,15,19H,3,8-12H2,1-2H3. The largest absolute Gasteiger partial charge is 0.316 e. The molecule has 104 valence electrons. The molecule has 3 rings (SSSR count). The summed E-state index contributed by atoms with van der Waals surface area (Å²) in [6.45, 7) is 7.03. The maximum absolute atomic E-state index is 13.2. The minimum absolute atomic E-state index is 0.132. The Morgan fingerprint density at radius 1 is 1.11 bits per heavy atom. The van der Waals surface area contributed by atoms with Gasteiger partial charge in [0.1, 0.15) is 5.82 Å². The number of hydrogen-bond acceptors (Lipinski definition) is 1. The first-order valence-corrected chi connectivity index (χ1v) is 7.51. The quantitative estimate of drug-likeness (QED) is 0.802. The lowest BCUT2D eigenvalue weighted by Gasteiger charge is -2.51. The molecule has 1 saturated carbocycles. The first-order valence-electron chi connectivity index (χ1n) is 7.51. The molecule has 1 aromatic rings. The van der Waals surface area contributed by atoms with Crippen molar-refractivity contribution >= 4 is 0 Å². The van der Waals surface area contributed by atoms with E-state index in [0.29, 0.717) is 16.7 Å². The molecule has 2 atom stereocenters. The Morgan fingerprint density at radius 2 is 1.84 bits per heavy atom. The zero-order valence-corrected chi connectivity index (χ0v) is 12.0. The van der Waals surface area contributed by atoms with E-state index in [1.54, 1.807) is 12.1 Å². The highest BCUT2D eigenvalue weighted by Crippen LogP contribution is 2.62.